The summed E-state index contributed by atoms with van der Waals surface area (Å²) in [6, 6.07) is 10.4. The van der Waals surface area contributed by atoms with Crippen LogP contribution in [0.2, 0.25) is 0 Å². The summed E-state index contributed by atoms with van der Waals surface area (Å²) in [6.45, 7) is 2.39. The van der Waals surface area contributed by atoms with Gasteiger partial charge in [0.2, 0.25) is 0 Å². The van der Waals surface area contributed by atoms with Crippen LogP contribution in [0.4, 0.5) is 17.1 Å². The van der Waals surface area contributed by atoms with Crippen LogP contribution in [0.25, 0.3) is 0 Å². The molecule has 1 aliphatic rings. The van der Waals surface area contributed by atoms with Crippen molar-refractivity contribution in [2.24, 2.45) is 0 Å². The molecule has 0 saturated carbocycles. The number of hydrogen-bond acceptors (Lipinski definition) is 7. The summed E-state index contributed by atoms with van der Waals surface area (Å²) in [5.74, 6) is 0.0250. The molecule has 10 heteroatoms. The largest absolute Gasteiger partial charge is 0.495 e. The molecule has 1 saturated heterocycles. The summed E-state index contributed by atoms with van der Waals surface area (Å²) in [5.41, 5.74) is 0.763. The third-order valence-corrected chi connectivity index (χ3v) is 5.53. The second kappa shape index (κ2) is 7.80. The van der Waals surface area contributed by atoms with Gasteiger partial charge in [0.25, 0.3) is 15.7 Å². The molecule has 0 bridgehead atoms. The van der Waals surface area contributed by atoms with Crippen molar-refractivity contribution < 1.29 is 22.8 Å². The number of ether oxygens (including phenoxy) is 2. The Hall–Kier alpha value is -2.85. The first-order chi connectivity index (χ1) is 12.9. The number of benzene rings is 2. The number of hydrogen-bond donors (Lipinski definition) is 1. The third kappa shape index (κ3) is 4.12. The molecule has 1 N–H and O–H groups in total. The fourth-order valence-corrected chi connectivity index (χ4v) is 4.09. The Kier molecular flexibility index (Phi) is 5.47. The lowest BCUT2D eigenvalue weighted by Crippen LogP contribution is -2.36. The number of nitrogens with zero attached hydrogens (tertiary/aromatic N) is 2. The highest BCUT2D eigenvalue weighted by atomic mass is 32.2. The fraction of sp³-hybridized carbons (Fsp3) is 0.294. The van der Waals surface area contributed by atoms with Crippen molar-refractivity contribution in [2.75, 3.05) is 43.0 Å². The summed E-state index contributed by atoms with van der Waals surface area (Å²) < 4.78 is 38.8. The Morgan fingerprint density at radius 3 is 2.56 bits per heavy atom. The van der Waals surface area contributed by atoms with E-state index < -0.39 is 14.9 Å². The van der Waals surface area contributed by atoms with Gasteiger partial charge < -0.3 is 14.4 Å². The normalized spacial score (nSPS) is 14.6. The number of non-ortho nitro benzene ring substituents is 1. The van der Waals surface area contributed by atoms with Crippen LogP contribution in [-0.2, 0) is 14.8 Å². The van der Waals surface area contributed by atoms with Gasteiger partial charge in [-0.3, -0.25) is 14.8 Å². The van der Waals surface area contributed by atoms with Gasteiger partial charge in [0.1, 0.15) is 10.6 Å². The highest BCUT2D eigenvalue weighted by Gasteiger charge is 2.25. The number of nitro groups is 1. The highest BCUT2D eigenvalue weighted by Crippen LogP contribution is 2.33. The quantitative estimate of drug-likeness (QED) is 0.592. The van der Waals surface area contributed by atoms with E-state index in [0.29, 0.717) is 37.7 Å². The molecule has 0 amide bonds. The molecule has 0 atom stereocenters. The minimum atomic E-state index is -4.11. The lowest BCUT2D eigenvalue weighted by Gasteiger charge is -2.30. The SMILES string of the molecule is COc1ccc([N+](=O)[O-])cc1S(=O)(=O)Nc1ccccc1N1CCOCC1. The Labute approximate surface area is 156 Å². The first-order valence-corrected chi connectivity index (χ1v) is 9.67. The van der Waals surface area contributed by atoms with Crippen molar-refractivity contribution >= 4 is 27.1 Å². The molecule has 2 aromatic carbocycles. The van der Waals surface area contributed by atoms with Gasteiger partial charge in [0.15, 0.2) is 0 Å². The Balaban J connectivity index is 1.98. The molecular weight excluding hydrogens is 374 g/mol. The number of nitrogens with one attached hydrogen (secondary N) is 1. The molecule has 0 aromatic heterocycles. The monoisotopic (exact) mass is 393 g/mol. The van der Waals surface area contributed by atoms with E-state index >= 15 is 0 Å². The number of anilines is 2. The maximum atomic E-state index is 12.9. The average molecular weight is 393 g/mol. The minimum Gasteiger partial charge on any atom is -0.495 e. The molecule has 1 aliphatic heterocycles. The van der Waals surface area contributed by atoms with Crippen LogP contribution in [0.3, 0.4) is 0 Å². The maximum absolute atomic E-state index is 12.9. The van der Waals surface area contributed by atoms with Crippen LogP contribution in [-0.4, -0.2) is 46.8 Å². The summed E-state index contributed by atoms with van der Waals surface area (Å²) in [7, 11) is -2.80. The van der Waals surface area contributed by atoms with Gasteiger partial charge >= 0.3 is 0 Å². The lowest BCUT2D eigenvalue weighted by molar-refractivity contribution is -0.385. The van der Waals surface area contributed by atoms with Gasteiger partial charge in [-0.25, -0.2) is 8.42 Å². The van der Waals surface area contributed by atoms with Crippen LogP contribution in [0.5, 0.6) is 5.75 Å². The van der Waals surface area contributed by atoms with E-state index in [9.17, 15) is 18.5 Å². The van der Waals surface area contributed by atoms with E-state index in [-0.39, 0.29) is 16.3 Å². The Morgan fingerprint density at radius 1 is 1.19 bits per heavy atom. The van der Waals surface area contributed by atoms with Crippen molar-refractivity contribution in [1.82, 2.24) is 0 Å². The van der Waals surface area contributed by atoms with Crippen LogP contribution >= 0.6 is 0 Å². The fourth-order valence-electron chi connectivity index (χ4n) is 2.83. The molecule has 1 heterocycles. The number of methoxy groups -OCH3 is 1. The summed E-state index contributed by atoms with van der Waals surface area (Å²) in [5, 5.41) is 11.0. The molecule has 9 nitrogen and oxygen atoms in total. The van der Waals surface area contributed by atoms with Gasteiger partial charge in [-0.1, -0.05) is 12.1 Å². The van der Waals surface area contributed by atoms with Gasteiger partial charge in [0.05, 0.1) is 36.6 Å². The van der Waals surface area contributed by atoms with E-state index in [1.807, 2.05) is 17.0 Å². The first kappa shape index (κ1) is 18.9. The molecule has 3 rings (SSSR count). The number of sulfonamides is 1. The number of para-hydroxylation sites is 2. The zero-order chi connectivity index (χ0) is 19.4. The Bertz CT molecular complexity index is 941. The van der Waals surface area contributed by atoms with E-state index in [4.69, 9.17) is 9.47 Å². The van der Waals surface area contributed by atoms with Crippen molar-refractivity contribution in [3.8, 4) is 5.75 Å². The van der Waals surface area contributed by atoms with E-state index in [0.717, 1.165) is 6.07 Å². The van der Waals surface area contributed by atoms with Crippen LogP contribution in [0.1, 0.15) is 0 Å². The van der Waals surface area contributed by atoms with E-state index in [1.165, 1.54) is 19.2 Å². The molecule has 27 heavy (non-hydrogen) atoms. The predicted octanol–water partition coefficient (Wildman–Crippen LogP) is 2.24. The van der Waals surface area contributed by atoms with Crippen molar-refractivity contribution in [1.29, 1.82) is 0 Å². The first-order valence-electron chi connectivity index (χ1n) is 8.19. The van der Waals surface area contributed by atoms with Crippen LogP contribution in [0.15, 0.2) is 47.4 Å². The molecular formula is C17H19N3O6S. The van der Waals surface area contributed by atoms with E-state index in [2.05, 4.69) is 4.72 Å². The van der Waals surface area contributed by atoms with Gasteiger partial charge in [-0.2, -0.15) is 0 Å². The number of nitro benzene ring substituents is 1. The second-order valence-corrected chi connectivity index (χ2v) is 7.47. The number of rotatable bonds is 6. The Morgan fingerprint density at radius 2 is 1.89 bits per heavy atom. The zero-order valence-corrected chi connectivity index (χ0v) is 15.4. The van der Waals surface area contributed by atoms with Crippen LogP contribution < -0.4 is 14.4 Å². The highest BCUT2D eigenvalue weighted by molar-refractivity contribution is 7.92. The molecule has 144 valence electrons. The zero-order valence-electron chi connectivity index (χ0n) is 14.6. The molecule has 0 aliphatic carbocycles. The molecule has 2 aromatic rings. The topological polar surface area (TPSA) is 111 Å². The average Bonchev–Trinajstić information content (AvgIpc) is 2.68. The summed E-state index contributed by atoms with van der Waals surface area (Å²) in [4.78, 5) is 12.1. The molecule has 0 unspecified atom stereocenters. The van der Waals surface area contributed by atoms with Crippen molar-refractivity contribution in [3.63, 3.8) is 0 Å². The molecule has 1 fully saturated rings. The summed E-state index contributed by atoms with van der Waals surface area (Å²) >= 11 is 0. The minimum absolute atomic E-state index is 0.0250. The standard InChI is InChI=1S/C17H19N3O6S/c1-25-16-7-6-13(20(21)22)12-17(16)27(23,24)18-14-4-2-3-5-15(14)19-8-10-26-11-9-19/h2-7,12,18H,8-11H2,1H3. The van der Waals surface area contributed by atoms with E-state index in [1.54, 1.807) is 12.1 Å². The van der Waals surface area contributed by atoms with Crippen molar-refractivity contribution in [3.05, 3.63) is 52.6 Å². The number of morpholine rings is 1. The third-order valence-electron chi connectivity index (χ3n) is 4.15. The van der Waals surface area contributed by atoms with Gasteiger partial charge in [0, 0.05) is 25.2 Å². The smallest absolute Gasteiger partial charge is 0.271 e. The van der Waals surface area contributed by atoms with Crippen LogP contribution in [0, 0.1) is 10.1 Å². The van der Waals surface area contributed by atoms with Crippen molar-refractivity contribution in [2.45, 2.75) is 4.90 Å². The lowest BCUT2D eigenvalue weighted by atomic mass is 10.2. The maximum Gasteiger partial charge on any atom is 0.271 e. The second-order valence-electron chi connectivity index (χ2n) is 5.81. The summed E-state index contributed by atoms with van der Waals surface area (Å²) in [6.07, 6.45) is 0. The van der Waals surface area contributed by atoms with Gasteiger partial charge in [-0.15, -0.1) is 0 Å². The molecule has 0 spiro atoms. The molecule has 0 radical (unpaired) electrons. The van der Waals surface area contributed by atoms with Gasteiger partial charge in [-0.05, 0) is 18.2 Å². The predicted molar refractivity (Wildman–Crippen MR) is 99.9 cm³/mol.